The van der Waals surface area contributed by atoms with Gasteiger partial charge in [-0.25, -0.2) is 4.79 Å². The molecule has 0 aromatic rings. The molecule has 0 rings (SSSR count). The molecule has 0 aliphatic carbocycles. The van der Waals surface area contributed by atoms with Gasteiger partial charge in [-0.05, 0) is 25.7 Å². The van der Waals surface area contributed by atoms with E-state index in [2.05, 4.69) is 25.7 Å². The quantitative estimate of drug-likeness (QED) is 0.231. The number of esters is 1. The van der Waals surface area contributed by atoms with Crippen LogP contribution < -0.4 is 0 Å². The van der Waals surface area contributed by atoms with Crippen molar-refractivity contribution in [3.05, 3.63) is 24.8 Å². The minimum Gasteiger partial charge on any atom is -0.463 e. The number of hydrogen-bond acceptors (Lipinski definition) is 2. The second-order valence-corrected chi connectivity index (χ2v) is 4.19. The smallest absolute Gasteiger partial charge is 0.330 e. The molecule has 0 aromatic carbocycles. The minimum absolute atomic E-state index is 0.329. The lowest BCUT2D eigenvalue weighted by Gasteiger charge is -1.99. The predicted molar refractivity (Wildman–Crippen MR) is 72.9 cm³/mol. The first kappa shape index (κ1) is 16.0. The molecule has 0 unspecified atom stereocenters. The van der Waals surface area contributed by atoms with Crippen LogP contribution in [-0.2, 0) is 9.53 Å². The summed E-state index contributed by atoms with van der Waals surface area (Å²) in [6.45, 7) is 6.07. The van der Waals surface area contributed by atoms with Crippen LogP contribution in [0.5, 0.6) is 0 Å². The standard InChI is InChI=1S/C15H26O2/c1-3-5-6-7-8-9-10-11-12-13-14-17-15(16)4-2/h4,10-11H,2-3,5-9,12-14H2,1H3. The van der Waals surface area contributed by atoms with E-state index in [1.165, 1.54) is 44.6 Å². The zero-order valence-electron chi connectivity index (χ0n) is 11.1. The van der Waals surface area contributed by atoms with Gasteiger partial charge in [0.2, 0.25) is 0 Å². The van der Waals surface area contributed by atoms with Gasteiger partial charge in [-0.2, -0.15) is 0 Å². The summed E-state index contributed by atoms with van der Waals surface area (Å²) in [6.07, 6.45) is 15.3. The maximum atomic E-state index is 10.7. The van der Waals surface area contributed by atoms with Gasteiger partial charge in [0.15, 0.2) is 0 Å². The van der Waals surface area contributed by atoms with Crippen molar-refractivity contribution in [1.29, 1.82) is 0 Å². The summed E-state index contributed by atoms with van der Waals surface area (Å²) in [5.74, 6) is -0.329. The topological polar surface area (TPSA) is 26.3 Å². The predicted octanol–water partition coefficient (Wildman–Crippen LogP) is 4.41. The highest BCUT2D eigenvalue weighted by Crippen LogP contribution is 2.05. The van der Waals surface area contributed by atoms with Crippen molar-refractivity contribution in [2.75, 3.05) is 6.61 Å². The maximum Gasteiger partial charge on any atom is 0.330 e. The normalized spacial score (nSPS) is 10.6. The van der Waals surface area contributed by atoms with Gasteiger partial charge >= 0.3 is 5.97 Å². The van der Waals surface area contributed by atoms with Crippen LogP contribution in [0, 0.1) is 0 Å². The van der Waals surface area contributed by atoms with Crippen LogP contribution in [0.3, 0.4) is 0 Å². The van der Waals surface area contributed by atoms with E-state index in [4.69, 9.17) is 4.74 Å². The van der Waals surface area contributed by atoms with Gasteiger partial charge in [-0.3, -0.25) is 0 Å². The fourth-order valence-corrected chi connectivity index (χ4v) is 1.53. The average Bonchev–Trinajstić information content (AvgIpc) is 2.35. The van der Waals surface area contributed by atoms with E-state index in [0.717, 1.165) is 12.8 Å². The number of ether oxygens (including phenoxy) is 1. The Morgan fingerprint density at radius 3 is 2.35 bits per heavy atom. The monoisotopic (exact) mass is 238 g/mol. The third-order valence-corrected chi connectivity index (χ3v) is 2.57. The summed E-state index contributed by atoms with van der Waals surface area (Å²) in [5.41, 5.74) is 0. The van der Waals surface area contributed by atoms with Gasteiger partial charge in [0.05, 0.1) is 6.61 Å². The molecule has 0 amide bonds. The minimum atomic E-state index is -0.329. The number of carbonyl (C=O) groups is 1. The highest BCUT2D eigenvalue weighted by molar-refractivity contribution is 5.81. The number of allylic oxidation sites excluding steroid dienone is 2. The molecule has 2 heteroatoms. The molecule has 0 spiro atoms. The van der Waals surface area contributed by atoms with Crippen LogP contribution in [-0.4, -0.2) is 12.6 Å². The molecule has 98 valence electrons. The van der Waals surface area contributed by atoms with Crippen LogP contribution in [0.2, 0.25) is 0 Å². The van der Waals surface area contributed by atoms with E-state index >= 15 is 0 Å². The molecule has 0 bridgehead atoms. The fourth-order valence-electron chi connectivity index (χ4n) is 1.53. The Balaban J connectivity index is 3.14. The molecule has 0 aromatic heterocycles. The molecule has 0 heterocycles. The molecule has 0 atom stereocenters. The zero-order valence-corrected chi connectivity index (χ0v) is 11.1. The first-order valence-electron chi connectivity index (χ1n) is 6.75. The van der Waals surface area contributed by atoms with E-state index in [1.54, 1.807) is 0 Å². The van der Waals surface area contributed by atoms with Crippen molar-refractivity contribution in [2.24, 2.45) is 0 Å². The molecule has 0 aliphatic heterocycles. The van der Waals surface area contributed by atoms with E-state index in [9.17, 15) is 4.79 Å². The molecule has 0 saturated carbocycles. The molecular weight excluding hydrogens is 212 g/mol. The Morgan fingerprint density at radius 1 is 1.06 bits per heavy atom. The highest BCUT2D eigenvalue weighted by Gasteiger charge is 1.92. The summed E-state index contributed by atoms with van der Waals surface area (Å²) in [6, 6.07) is 0. The van der Waals surface area contributed by atoms with Gasteiger partial charge in [0.25, 0.3) is 0 Å². The summed E-state index contributed by atoms with van der Waals surface area (Å²) >= 11 is 0. The molecule has 0 fully saturated rings. The van der Waals surface area contributed by atoms with E-state index in [1.807, 2.05) is 0 Å². The van der Waals surface area contributed by atoms with Gasteiger partial charge in [-0.15, -0.1) is 0 Å². The lowest BCUT2D eigenvalue weighted by atomic mass is 10.1. The van der Waals surface area contributed by atoms with Crippen LogP contribution >= 0.6 is 0 Å². The molecular formula is C15H26O2. The van der Waals surface area contributed by atoms with Crippen molar-refractivity contribution >= 4 is 5.97 Å². The van der Waals surface area contributed by atoms with Crippen molar-refractivity contribution in [3.63, 3.8) is 0 Å². The summed E-state index contributed by atoms with van der Waals surface area (Å²) in [4.78, 5) is 10.7. The number of hydrogen-bond donors (Lipinski definition) is 0. The summed E-state index contributed by atoms with van der Waals surface area (Å²) < 4.78 is 4.87. The Labute approximate surface area is 106 Å². The van der Waals surface area contributed by atoms with Crippen LogP contribution in [0.25, 0.3) is 0 Å². The van der Waals surface area contributed by atoms with Gasteiger partial charge in [0, 0.05) is 6.08 Å². The third-order valence-electron chi connectivity index (χ3n) is 2.57. The van der Waals surface area contributed by atoms with Crippen LogP contribution in [0.4, 0.5) is 0 Å². The molecule has 0 aliphatic rings. The maximum absolute atomic E-state index is 10.7. The number of carbonyl (C=O) groups excluding carboxylic acids is 1. The van der Waals surface area contributed by atoms with Crippen molar-refractivity contribution in [2.45, 2.75) is 58.3 Å². The zero-order chi connectivity index (χ0) is 12.8. The molecule has 2 nitrogen and oxygen atoms in total. The number of rotatable bonds is 11. The number of unbranched alkanes of at least 4 members (excludes halogenated alkanes) is 6. The van der Waals surface area contributed by atoms with Gasteiger partial charge in [0.1, 0.15) is 0 Å². The lowest BCUT2D eigenvalue weighted by molar-refractivity contribution is -0.137. The Kier molecular flexibility index (Phi) is 12.2. The van der Waals surface area contributed by atoms with Crippen molar-refractivity contribution < 1.29 is 9.53 Å². The Morgan fingerprint density at radius 2 is 1.71 bits per heavy atom. The first-order valence-corrected chi connectivity index (χ1v) is 6.75. The first-order chi connectivity index (χ1) is 8.31. The molecule has 17 heavy (non-hydrogen) atoms. The van der Waals surface area contributed by atoms with Crippen molar-refractivity contribution in [3.8, 4) is 0 Å². The Hall–Kier alpha value is -1.05. The molecule has 0 N–H and O–H groups in total. The average molecular weight is 238 g/mol. The fraction of sp³-hybridized carbons (Fsp3) is 0.667. The second kappa shape index (κ2) is 13.0. The Bertz CT molecular complexity index is 219. The highest BCUT2D eigenvalue weighted by atomic mass is 16.5. The van der Waals surface area contributed by atoms with E-state index < -0.39 is 0 Å². The SMILES string of the molecule is C=CC(=O)OCCCC=CCCCCCCC. The molecule has 0 saturated heterocycles. The van der Waals surface area contributed by atoms with Crippen LogP contribution in [0.1, 0.15) is 58.3 Å². The van der Waals surface area contributed by atoms with Crippen molar-refractivity contribution in [1.82, 2.24) is 0 Å². The third kappa shape index (κ3) is 12.9. The summed E-state index contributed by atoms with van der Waals surface area (Å²) in [5, 5.41) is 0. The summed E-state index contributed by atoms with van der Waals surface area (Å²) in [7, 11) is 0. The van der Waals surface area contributed by atoms with Gasteiger partial charge < -0.3 is 4.74 Å². The largest absolute Gasteiger partial charge is 0.463 e. The lowest BCUT2D eigenvalue weighted by Crippen LogP contribution is -2.00. The second-order valence-electron chi connectivity index (χ2n) is 4.19. The van der Waals surface area contributed by atoms with E-state index in [0.29, 0.717) is 6.61 Å². The van der Waals surface area contributed by atoms with Crippen LogP contribution in [0.15, 0.2) is 24.8 Å². The molecule has 0 radical (unpaired) electrons. The van der Waals surface area contributed by atoms with E-state index in [-0.39, 0.29) is 5.97 Å². The van der Waals surface area contributed by atoms with Gasteiger partial charge in [-0.1, -0.05) is 51.3 Å².